The predicted octanol–water partition coefficient (Wildman–Crippen LogP) is 3.28. The molecule has 19 heavy (non-hydrogen) atoms. The van der Waals surface area contributed by atoms with Crippen LogP contribution in [0.25, 0.3) is 0 Å². The minimum absolute atomic E-state index is 0.0137. The first-order chi connectivity index (χ1) is 8.90. The number of carbonyl (C=O) groups excluding carboxylic acids is 2. The highest BCUT2D eigenvalue weighted by Gasteiger charge is 2.31. The summed E-state index contributed by atoms with van der Waals surface area (Å²) in [6.07, 6.45) is 1.72. The summed E-state index contributed by atoms with van der Waals surface area (Å²) in [5.41, 5.74) is 1.40. The highest BCUT2D eigenvalue weighted by Crippen LogP contribution is 2.36. The van der Waals surface area contributed by atoms with E-state index >= 15 is 0 Å². The molecule has 1 aromatic heterocycles. The number of amides is 1. The molecule has 5 heteroatoms. The topological polar surface area (TPSA) is 55.4 Å². The predicted molar refractivity (Wildman–Crippen MR) is 75.7 cm³/mol. The van der Waals surface area contributed by atoms with E-state index in [4.69, 9.17) is 4.74 Å². The lowest BCUT2D eigenvalue weighted by Gasteiger charge is -2.10. The van der Waals surface area contributed by atoms with Crippen molar-refractivity contribution in [2.24, 2.45) is 5.92 Å². The second-order valence-corrected chi connectivity index (χ2v) is 6.43. The summed E-state index contributed by atoms with van der Waals surface area (Å²) in [4.78, 5) is 25.0. The van der Waals surface area contributed by atoms with Crippen LogP contribution in [-0.4, -0.2) is 18.0 Å². The third-order valence-electron chi connectivity index (χ3n) is 3.12. The van der Waals surface area contributed by atoms with Crippen LogP contribution in [0.2, 0.25) is 0 Å². The molecule has 0 bridgehead atoms. The third-order valence-corrected chi connectivity index (χ3v) is 4.24. The van der Waals surface area contributed by atoms with Crippen molar-refractivity contribution in [2.45, 2.75) is 46.6 Å². The van der Waals surface area contributed by atoms with Gasteiger partial charge in [-0.3, -0.25) is 4.79 Å². The van der Waals surface area contributed by atoms with Gasteiger partial charge in [-0.25, -0.2) is 4.79 Å². The molecular formula is C14H19NO3S. The second-order valence-electron chi connectivity index (χ2n) is 5.20. The van der Waals surface area contributed by atoms with Crippen LogP contribution in [0.15, 0.2) is 0 Å². The highest BCUT2D eigenvalue weighted by molar-refractivity contribution is 7.16. The maximum absolute atomic E-state index is 12.1. The number of nitrogens with one attached hydrogen (secondary N) is 1. The van der Waals surface area contributed by atoms with E-state index in [1.165, 1.54) is 11.3 Å². The first-order valence-corrected chi connectivity index (χ1v) is 7.33. The summed E-state index contributed by atoms with van der Waals surface area (Å²) >= 11 is 1.44. The van der Waals surface area contributed by atoms with E-state index in [0.717, 1.165) is 23.3 Å². The van der Waals surface area contributed by atoms with Crippen LogP contribution < -0.4 is 5.32 Å². The Morgan fingerprint density at radius 2 is 1.95 bits per heavy atom. The van der Waals surface area contributed by atoms with Gasteiger partial charge in [0.2, 0.25) is 5.91 Å². The van der Waals surface area contributed by atoms with Crippen molar-refractivity contribution < 1.29 is 14.3 Å². The maximum Gasteiger partial charge on any atom is 0.341 e. The van der Waals surface area contributed by atoms with E-state index in [9.17, 15) is 9.59 Å². The number of anilines is 1. The molecule has 1 fully saturated rings. The fourth-order valence-electron chi connectivity index (χ4n) is 1.79. The minimum Gasteiger partial charge on any atom is -0.459 e. The van der Waals surface area contributed by atoms with Crippen LogP contribution in [0.1, 0.15) is 47.5 Å². The zero-order valence-corrected chi connectivity index (χ0v) is 12.5. The monoisotopic (exact) mass is 281 g/mol. The summed E-state index contributed by atoms with van der Waals surface area (Å²) in [5.74, 6) is -0.223. The quantitative estimate of drug-likeness (QED) is 0.862. The number of aryl methyl sites for hydroxylation is 1. The van der Waals surface area contributed by atoms with Crippen LogP contribution in [0.4, 0.5) is 5.00 Å². The Hall–Kier alpha value is -1.36. The summed E-state index contributed by atoms with van der Waals surface area (Å²) in [5, 5.41) is 3.49. The molecule has 1 amide bonds. The van der Waals surface area contributed by atoms with Crippen LogP contribution >= 0.6 is 11.3 Å². The molecule has 1 N–H and O–H groups in total. The Morgan fingerprint density at radius 1 is 1.32 bits per heavy atom. The van der Waals surface area contributed by atoms with Gasteiger partial charge in [-0.05, 0) is 46.1 Å². The molecule has 0 spiro atoms. The molecule has 0 atom stereocenters. The molecule has 0 radical (unpaired) electrons. The van der Waals surface area contributed by atoms with Crippen LogP contribution in [-0.2, 0) is 9.53 Å². The molecule has 1 heterocycles. The van der Waals surface area contributed by atoms with Crippen LogP contribution in [0, 0.1) is 19.8 Å². The molecule has 1 aromatic rings. The van der Waals surface area contributed by atoms with Gasteiger partial charge in [-0.1, -0.05) is 0 Å². The smallest absolute Gasteiger partial charge is 0.341 e. The Morgan fingerprint density at radius 3 is 2.47 bits per heavy atom. The van der Waals surface area contributed by atoms with Crippen molar-refractivity contribution in [1.29, 1.82) is 0 Å². The van der Waals surface area contributed by atoms with Crippen molar-refractivity contribution in [3.63, 3.8) is 0 Å². The largest absolute Gasteiger partial charge is 0.459 e. The van der Waals surface area contributed by atoms with Crippen LogP contribution in [0.5, 0.6) is 0 Å². The molecule has 4 nitrogen and oxygen atoms in total. The van der Waals surface area contributed by atoms with Crippen molar-refractivity contribution in [1.82, 2.24) is 0 Å². The molecule has 0 unspecified atom stereocenters. The summed E-state index contributed by atoms with van der Waals surface area (Å²) in [6.45, 7) is 7.46. The standard InChI is InChI=1S/C14H19NO3S/c1-7(2)18-14(17)11-8(3)9(4)19-13(11)15-12(16)10-5-6-10/h7,10H,5-6H2,1-4H3,(H,15,16). The highest BCUT2D eigenvalue weighted by atomic mass is 32.1. The van der Waals surface area contributed by atoms with Crippen molar-refractivity contribution >= 4 is 28.2 Å². The Kier molecular flexibility index (Phi) is 3.94. The number of hydrogen-bond donors (Lipinski definition) is 1. The molecule has 1 aliphatic rings. The lowest BCUT2D eigenvalue weighted by Crippen LogP contribution is -2.17. The number of thiophene rings is 1. The number of hydrogen-bond acceptors (Lipinski definition) is 4. The molecule has 0 aromatic carbocycles. The summed E-state index contributed by atoms with van der Waals surface area (Å²) < 4.78 is 5.25. The third kappa shape index (κ3) is 3.15. The summed E-state index contributed by atoms with van der Waals surface area (Å²) in [6, 6.07) is 0. The Bertz CT molecular complexity index is 515. The SMILES string of the molecule is Cc1sc(NC(=O)C2CC2)c(C(=O)OC(C)C)c1C. The molecule has 1 aliphatic carbocycles. The molecule has 1 saturated carbocycles. The van der Waals surface area contributed by atoms with Gasteiger partial charge in [0.25, 0.3) is 0 Å². The van der Waals surface area contributed by atoms with Gasteiger partial charge in [0.1, 0.15) is 5.00 Å². The second kappa shape index (κ2) is 5.33. The van der Waals surface area contributed by atoms with Gasteiger partial charge in [0.15, 0.2) is 0 Å². The van der Waals surface area contributed by atoms with Crippen LogP contribution in [0.3, 0.4) is 0 Å². The fraction of sp³-hybridized carbons (Fsp3) is 0.571. The fourth-order valence-corrected chi connectivity index (χ4v) is 2.84. The molecule has 0 aliphatic heterocycles. The lowest BCUT2D eigenvalue weighted by atomic mass is 10.1. The maximum atomic E-state index is 12.1. The van der Waals surface area contributed by atoms with E-state index in [1.54, 1.807) is 0 Å². The van der Waals surface area contributed by atoms with Crippen molar-refractivity contribution in [2.75, 3.05) is 5.32 Å². The van der Waals surface area contributed by atoms with Crippen molar-refractivity contribution in [3.05, 3.63) is 16.0 Å². The van der Waals surface area contributed by atoms with Gasteiger partial charge in [-0.15, -0.1) is 11.3 Å². The van der Waals surface area contributed by atoms with E-state index in [0.29, 0.717) is 10.6 Å². The number of ether oxygens (including phenoxy) is 1. The van der Waals surface area contributed by atoms with E-state index in [2.05, 4.69) is 5.32 Å². The molecule has 0 saturated heterocycles. The van der Waals surface area contributed by atoms with Gasteiger partial charge >= 0.3 is 5.97 Å². The molecule has 2 rings (SSSR count). The number of carbonyl (C=O) groups is 2. The van der Waals surface area contributed by atoms with Gasteiger partial charge < -0.3 is 10.1 Å². The average Bonchev–Trinajstić information content (AvgIpc) is 3.07. The summed E-state index contributed by atoms with van der Waals surface area (Å²) in [7, 11) is 0. The van der Waals surface area contributed by atoms with E-state index < -0.39 is 0 Å². The lowest BCUT2D eigenvalue weighted by molar-refractivity contribution is -0.117. The number of esters is 1. The van der Waals surface area contributed by atoms with Gasteiger partial charge in [-0.2, -0.15) is 0 Å². The van der Waals surface area contributed by atoms with Gasteiger partial charge in [0.05, 0.1) is 11.7 Å². The zero-order valence-electron chi connectivity index (χ0n) is 11.7. The average molecular weight is 281 g/mol. The normalized spacial score (nSPS) is 14.6. The van der Waals surface area contributed by atoms with E-state index in [1.807, 2.05) is 27.7 Å². The first kappa shape index (κ1) is 14.1. The zero-order chi connectivity index (χ0) is 14.2. The molecule has 104 valence electrons. The number of rotatable bonds is 4. The Labute approximate surface area is 117 Å². The van der Waals surface area contributed by atoms with E-state index in [-0.39, 0.29) is 23.9 Å². The van der Waals surface area contributed by atoms with Gasteiger partial charge in [0, 0.05) is 10.8 Å². The minimum atomic E-state index is -0.358. The molecular weight excluding hydrogens is 262 g/mol. The Balaban J connectivity index is 2.24. The van der Waals surface area contributed by atoms with Crippen molar-refractivity contribution in [3.8, 4) is 0 Å². The first-order valence-electron chi connectivity index (χ1n) is 6.52.